The van der Waals surface area contributed by atoms with E-state index in [9.17, 15) is 14.7 Å². The highest BCUT2D eigenvalue weighted by molar-refractivity contribution is 8.00. The van der Waals surface area contributed by atoms with Crippen molar-refractivity contribution < 1.29 is 19.4 Å². The first-order valence-electron chi connectivity index (χ1n) is 12.8. The molecule has 1 aliphatic heterocycles. The van der Waals surface area contributed by atoms with Gasteiger partial charge in [-0.1, -0.05) is 109 Å². The molecule has 0 bridgehead atoms. The van der Waals surface area contributed by atoms with Crippen molar-refractivity contribution in [2.75, 3.05) is 11.5 Å². The minimum absolute atomic E-state index is 0.0117. The summed E-state index contributed by atoms with van der Waals surface area (Å²) in [6, 6.07) is 22.6. The van der Waals surface area contributed by atoms with E-state index in [1.54, 1.807) is 30.3 Å². The molecule has 7 nitrogen and oxygen atoms in total. The molecule has 204 valence electrons. The summed E-state index contributed by atoms with van der Waals surface area (Å²) >= 11 is 8.94. The van der Waals surface area contributed by atoms with Crippen LogP contribution in [0.3, 0.4) is 0 Å². The number of carbonyl (C=O) groups excluding carboxylic acids is 2. The molecular weight excluding hydrogens is 566 g/mol. The number of Topliss-reactive ketones (excluding diaryl/α,β-unsaturated/α-hetero) is 1. The first-order valence-corrected chi connectivity index (χ1v) is 14.9. The third kappa shape index (κ3) is 5.91. The minimum atomic E-state index is -0.913. The molecule has 1 aromatic heterocycles. The number of carbonyl (C=O) groups is 2. The van der Waals surface area contributed by atoms with Crippen molar-refractivity contribution in [2.45, 2.75) is 35.9 Å². The normalized spacial score (nSPS) is 16.4. The summed E-state index contributed by atoms with van der Waals surface area (Å²) in [4.78, 5) is 28.2. The molecular formula is C30H26ClN3O4S2. The predicted octanol–water partition coefficient (Wildman–Crippen LogP) is 7.29. The van der Waals surface area contributed by atoms with E-state index in [0.29, 0.717) is 38.6 Å². The van der Waals surface area contributed by atoms with Crippen LogP contribution in [-0.2, 0) is 15.3 Å². The number of aliphatic hydroxyl groups is 1. The first-order chi connectivity index (χ1) is 19.5. The molecule has 0 spiro atoms. The monoisotopic (exact) mass is 591 g/mol. The fourth-order valence-corrected chi connectivity index (χ4v) is 6.47. The van der Waals surface area contributed by atoms with E-state index in [1.165, 1.54) is 28.0 Å². The Balaban J connectivity index is 1.53. The molecule has 0 saturated carbocycles. The Labute approximate surface area is 245 Å². The second kappa shape index (κ2) is 12.7. The molecule has 0 aliphatic carbocycles. The minimum Gasteiger partial charge on any atom is -0.507 e. The highest BCUT2D eigenvalue weighted by atomic mass is 35.5. The molecule has 1 saturated heterocycles. The van der Waals surface area contributed by atoms with Crippen LogP contribution in [-0.4, -0.2) is 33.6 Å². The summed E-state index contributed by atoms with van der Waals surface area (Å²) in [6.45, 7) is 2.63. The lowest BCUT2D eigenvalue weighted by molar-refractivity contribution is -0.132. The molecule has 5 rings (SSSR count). The van der Waals surface area contributed by atoms with E-state index in [1.807, 2.05) is 48.5 Å². The number of unbranched alkanes of at least 4 members (excludes halogenated alkanes) is 1. The highest BCUT2D eigenvalue weighted by Gasteiger charge is 2.48. The van der Waals surface area contributed by atoms with Gasteiger partial charge in [-0.2, -0.15) is 0 Å². The average Bonchev–Trinajstić information content (AvgIpc) is 3.55. The number of nitrogens with zero attached hydrogens (tertiary/aromatic N) is 3. The van der Waals surface area contributed by atoms with Gasteiger partial charge >= 0.3 is 5.91 Å². The van der Waals surface area contributed by atoms with Crippen LogP contribution in [0.5, 0.6) is 5.75 Å². The van der Waals surface area contributed by atoms with Crippen molar-refractivity contribution in [3.63, 3.8) is 0 Å². The molecule has 4 aromatic rings. The van der Waals surface area contributed by atoms with Gasteiger partial charge in [-0.05, 0) is 35.7 Å². The van der Waals surface area contributed by atoms with Crippen molar-refractivity contribution in [2.24, 2.45) is 0 Å². The Morgan fingerprint density at radius 1 is 1.05 bits per heavy atom. The van der Waals surface area contributed by atoms with Crippen LogP contribution >= 0.6 is 34.7 Å². The Kier molecular flexibility index (Phi) is 8.84. The Bertz CT molecular complexity index is 1560. The lowest BCUT2D eigenvalue weighted by atomic mass is 9.95. The third-order valence-electron chi connectivity index (χ3n) is 6.34. The number of hydrogen-bond donors (Lipinski definition) is 1. The van der Waals surface area contributed by atoms with Gasteiger partial charge in [0.15, 0.2) is 4.34 Å². The maximum absolute atomic E-state index is 13.5. The zero-order valence-electron chi connectivity index (χ0n) is 21.6. The van der Waals surface area contributed by atoms with Gasteiger partial charge in [-0.15, -0.1) is 10.2 Å². The standard InChI is InChI=1S/C30H26ClN3O4S2/c1-2-3-16-38-22-14-9-13-20(17-22)25-24(26(35)19-10-5-4-6-11-19)27(36)28(37)34(25)29-32-33-30(40-29)39-18-21-12-7-8-15-23(21)31/h4-15,17,25,35H,2-3,16,18H2,1H3. The smallest absolute Gasteiger partial charge is 0.301 e. The number of hydrogen-bond acceptors (Lipinski definition) is 8. The lowest BCUT2D eigenvalue weighted by Crippen LogP contribution is -2.29. The van der Waals surface area contributed by atoms with Crippen LogP contribution in [0.1, 0.15) is 42.5 Å². The lowest BCUT2D eigenvalue weighted by Gasteiger charge is -2.23. The molecule has 1 atom stereocenters. The van der Waals surface area contributed by atoms with E-state index >= 15 is 0 Å². The molecule has 3 aromatic carbocycles. The number of benzene rings is 3. The van der Waals surface area contributed by atoms with Gasteiger partial charge in [0.2, 0.25) is 5.13 Å². The van der Waals surface area contributed by atoms with Crippen molar-refractivity contribution >= 4 is 57.3 Å². The molecule has 1 aliphatic rings. The number of rotatable bonds is 10. The molecule has 10 heteroatoms. The summed E-state index contributed by atoms with van der Waals surface area (Å²) in [7, 11) is 0. The summed E-state index contributed by atoms with van der Waals surface area (Å²) < 4.78 is 6.52. The van der Waals surface area contributed by atoms with Gasteiger partial charge in [0.1, 0.15) is 11.5 Å². The molecule has 0 radical (unpaired) electrons. The fraction of sp³-hybridized carbons (Fsp3) is 0.200. The highest BCUT2D eigenvalue weighted by Crippen LogP contribution is 2.44. The molecule has 1 N–H and O–H groups in total. The average molecular weight is 592 g/mol. The maximum atomic E-state index is 13.5. The van der Waals surface area contributed by atoms with Gasteiger partial charge in [-0.3, -0.25) is 14.5 Å². The largest absolute Gasteiger partial charge is 0.507 e. The van der Waals surface area contributed by atoms with Crippen molar-refractivity contribution in [3.8, 4) is 5.75 Å². The Morgan fingerprint density at radius 2 is 1.82 bits per heavy atom. The SMILES string of the molecule is CCCCOc1cccc(C2C(=C(O)c3ccccc3)C(=O)C(=O)N2c2nnc(SCc3ccccc3Cl)s2)c1. The molecule has 1 fully saturated rings. The van der Waals surface area contributed by atoms with Crippen LogP contribution in [0.4, 0.5) is 5.13 Å². The van der Waals surface area contributed by atoms with E-state index in [-0.39, 0.29) is 16.5 Å². The second-order valence-corrected chi connectivity index (χ2v) is 11.6. The number of ketones is 1. The first kappa shape index (κ1) is 27.9. The summed E-state index contributed by atoms with van der Waals surface area (Å²) in [5, 5.41) is 20.8. The van der Waals surface area contributed by atoms with Gasteiger partial charge in [-0.25, -0.2) is 0 Å². The van der Waals surface area contributed by atoms with Gasteiger partial charge in [0.05, 0.1) is 18.2 Å². The van der Waals surface area contributed by atoms with Crippen molar-refractivity contribution in [1.82, 2.24) is 10.2 Å². The number of ether oxygens (including phenoxy) is 1. The van der Waals surface area contributed by atoms with Crippen LogP contribution in [0.15, 0.2) is 88.8 Å². The number of halogens is 1. The quantitative estimate of drug-likeness (QED) is 0.0517. The summed E-state index contributed by atoms with van der Waals surface area (Å²) in [5.74, 6) is -0.629. The molecule has 40 heavy (non-hydrogen) atoms. The van der Waals surface area contributed by atoms with E-state index in [4.69, 9.17) is 16.3 Å². The maximum Gasteiger partial charge on any atom is 0.301 e. The van der Waals surface area contributed by atoms with Crippen molar-refractivity contribution in [1.29, 1.82) is 0 Å². The molecule has 2 heterocycles. The van der Waals surface area contributed by atoms with Crippen LogP contribution in [0.25, 0.3) is 5.76 Å². The van der Waals surface area contributed by atoms with Crippen LogP contribution < -0.4 is 9.64 Å². The molecule has 1 unspecified atom stereocenters. The number of thioether (sulfide) groups is 1. The van der Waals surface area contributed by atoms with Gasteiger partial charge < -0.3 is 9.84 Å². The van der Waals surface area contributed by atoms with Crippen molar-refractivity contribution in [3.05, 3.63) is 106 Å². The summed E-state index contributed by atoms with van der Waals surface area (Å²) in [6.07, 6.45) is 1.89. The predicted molar refractivity (Wildman–Crippen MR) is 159 cm³/mol. The number of aromatic nitrogens is 2. The third-order valence-corrected chi connectivity index (χ3v) is 8.82. The van der Waals surface area contributed by atoms with E-state index < -0.39 is 17.7 Å². The van der Waals surface area contributed by atoms with Gasteiger partial charge in [0, 0.05) is 16.3 Å². The van der Waals surface area contributed by atoms with E-state index in [2.05, 4.69) is 17.1 Å². The Hall–Kier alpha value is -3.66. The summed E-state index contributed by atoms with van der Waals surface area (Å²) in [5.41, 5.74) is 2.00. The zero-order chi connectivity index (χ0) is 28.1. The number of aliphatic hydroxyl groups excluding tert-OH is 1. The molecule has 1 amide bonds. The zero-order valence-corrected chi connectivity index (χ0v) is 24.0. The van der Waals surface area contributed by atoms with E-state index in [0.717, 1.165) is 18.4 Å². The second-order valence-electron chi connectivity index (χ2n) is 9.04. The van der Waals surface area contributed by atoms with Crippen LogP contribution in [0, 0.1) is 0 Å². The number of anilines is 1. The van der Waals surface area contributed by atoms with Crippen LogP contribution in [0.2, 0.25) is 5.02 Å². The fourth-order valence-electron chi connectivity index (χ4n) is 4.32. The topological polar surface area (TPSA) is 92.6 Å². The van der Waals surface area contributed by atoms with Gasteiger partial charge in [0.25, 0.3) is 5.78 Å². The Morgan fingerprint density at radius 3 is 2.60 bits per heavy atom. The number of amides is 1.